The Morgan fingerprint density at radius 1 is 1.25 bits per heavy atom. The van der Waals surface area contributed by atoms with E-state index in [-0.39, 0.29) is 0 Å². The average Bonchev–Trinajstić information content (AvgIpc) is 3.10. The van der Waals surface area contributed by atoms with E-state index in [9.17, 15) is 0 Å². The van der Waals surface area contributed by atoms with Crippen LogP contribution in [0.5, 0.6) is 0 Å². The van der Waals surface area contributed by atoms with Crippen LogP contribution in [0.3, 0.4) is 0 Å². The Bertz CT molecular complexity index is 687. The van der Waals surface area contributed by atoms with Gasteiger partial charge in [0.05, 0.1) is 6.04 Å². The minimum Gasteiger partial charge on any atom is -0.378 e. The summed E-state index contributed by atoms with van der Waals surface area (Å²) >= 11 is 1.77. The van der Waals surface area contributed by atoms with Gasteiger partial charge in [-0.2, -0.15) is 0 Å². The molecule has 5 heteroatoms. The Balaban J connectivity index is 1.83. The maximum absolute atomic E-state index is 4.14. The molecule has 0 saturated carbocycles. The van der Waals surface area contributed by atoms with Gasteiger partial charge < -0.3 is 9.88 Å². The number of aryl methyl sites for hydroxylation is 1. The first-order valence-corrected chi connectivity index (χ1v) is 7.36. The lowest BCUT2D eigenvalue weighted by atomic mass is 10.1. The smallest absolute Gasteiger partial charge is 0.163 e. The Morgan fingerprint density at radius 2 is 2.15 bits per heavy atom. The van der Waals surface area contributed by atoms with Crippen LogP contribution in [0.15, 0.2) is 48.1 Å². The van der Waals surface area contributed by atoms with Gasteiger partial charge in [-0.15, -0.1) is 21.5 Å². The molecule has 102 valence electrons. The molecule has 0 amide bonds. The molecule has 0 aliphatic heterocycles. The van der Waals surface area contributed by atoms with Crippen molar-refractivity contribution in [1.82, 2.24) is 14.8 Å². The third kappa shape index (κ3) is 2.58. The molecule has 0 fully saturated rings. The number of nitrogens with zero attached hydrogens (tertiary/aromatic N) is 3. The molecule has 0 saturated heterocycles. The molecule has 1 atom stereocenters. The predicted octanol–water partition coefficient (Wildman–Crippen LogP) is 3.72. The first-order valence-electron chi connectivity index (χ1n) is 6.48. The van der Waals surface area contributed by atoms with Gasteiger partial charge in [0.15, 0.2) is 5.82 Å². The highest BCUT2D eigenvalue weighted by Gasteiger charge is 2.08. The fourth-order valence-electron chi connectivity index (χ4n) is 2.15. The average molecular weight is 284 g/mol. The van der Waals surface area contributed by atoms with Crippen LogP contribution < -0.4 is 5.32 Å². The number of aromatic nitrogens is 3. The van der Waals surface area contributed by atoms with Gasteiger partial charge >= 0.3 is 0 Å². The quantitative estimate of drug-likeness (QED) is 0.794. The summed E-state index contributed by atoms with van der Waals surface area (Å²) in [5.74, 6) is 0.873. The molecule has 0 radical (unpaired) electrons. The third-order valence-corrected chi connectivity index (χ3v) is 4.24. The lowest BCUT2D eigenvalue weighted by Gasteiger charge is -2.14. The van der Waals surface area contributed by atoms with E-state index in [0.29, 0.717) is 6.04 Å². The van der Waals surface area contributed by atoms with Crippen molar-refractivity contribution in [2.24, 2.45) is 7.05 Å². The molecule has 4 nitrogen and oxygen atoms in total. The molecule has 0 spiro atoms. The van der Waals surface area contributed by atoms with Crippen LogP contribution in [0, 0.1) is 0 Å². The van der Waals surface area contributed by atoms with Crippen molar-refractivity contribution in [2.45, 2.75) is 13.0 Å². The van der Waals surface area contributed by atoms with Crippen molar-refractivity contribution >= 4 is 17.0 Å². The molecule has 2 heterocycles. The van der Waals surface area contributed by atoms with E-state index in [1.54, 1.807) is 17.7 Å². The highest BCUT2D eigenvalue weighted by molar-refractivity contribution is 7.10. The standard InChI is InChI=1S/C15H16N4S/c1-11(14-7-4-8-20-14)17-13-6-3-5-12(9-13)15-18-16-10-19(15)2/h3-11,17H,1-2H3. The first-order chi connectivity index (χ1) is 9.74. The second-order valence-electron chi connectivity index (χ2n) is 4.73. The van der Waals surface area contributed by atoms with Crippen LogP contribution in [-0.4, -0.2) is 14.8 Å². The summed E-state index contributed by atoms with van der Waals surface area (Å²) in [6, 6.07) is 12.8. The van der Waals surface area contributed by atoms with Crippen LogP contribution in [0.2, 0.25) is 0 Å². The Kier molecular flexibility index (Phi) is 3.52. The minimum atomic E-state index is 0.296. The molecule has 1 unspecified atom stereocenters. The molecule has 1 N–H and O–H groups in total. The van der Waals surface area contributed by atoms with Crippen LogP contribution in [-0.2, 0) is 7.05 Å². The number of nitrogens with one attached hydrogen (secondary N) is 1. The van der Waals surface area contributed by atoms with Crippen molar-refractivity contribution in [3.63, 3.8) is 0 Å². The molecule has 3 rings (SSSR count). The second-order valence-corrected chi connectivity index (χ2v) is 5.71. The normalized spacial score (nSPS) is 12.3. The van der Waals surface area contributed by atoms with Gasteiger partial charge in [-0.3, -0.25) is 0 Å². The molecular formula is C15H16N4S. The fourth-order valence-corrected chi connectivity index (χ4v) is 2.89. The van der Waals surface area contributed by atoms with Crippen molar-refractivity contribution in [3.8, 4) is 11.4 Å². The maximum Gasteiger partial charge on any atom is 0.163 e. The van der Waals surface area contributed by atoms with Crippen LogP contribution in [0.1, 0.15) is 17.8 Å². The number of hydrogen-bond acceptors (Lipinski definition) is 4. The SMILES string of the molecule is CC(Nc1cccc(-c2nncn2C)c1)c1cccs1. The maximum atomic E-state index is 4.14. The van der Waals surface area contributed by atoms with Crippen LogP contribution >= 0.6 is 11.3 Å². The summed E-state index contributed by atoms with van der Waals surface area (Å²) in [5, 5.41) is 13.7. The van der Waals surface area contributed by atoms with Gasteiger partial charge in [0, 0.05) is 23.2 Å². The number of hydrogen-bond donors (Lipinski definition) is 1. The van der Waals surface area contributed by atoms with E-state index >= 15 is 0 Å². The van der Waals surface area contributed by atoms with Gasteiger partial charge in [0.25, 0.3) is 0 Å². The minimum absolute atomic E-state index is 0.296. The van der Waals surface area contributed by atoms with Gasteiger partial charge in [-0.05, 0) is 30.5 Å². The zero-order valence-corrected chi connectivity index (χ0v) is 12.3. The molecule has 0 bridgehead atoms. The zero-order valence-electron chi connectivity index (χ0n) is 11.4. The van der Waals surface area contributed by atoms with Crippen LogP contribution in [0.25, 0.3) is 11.4 Å². The topological polar surface area (TPSA) is 42.7 Å². The van der Waals surface area contributed by atoms with E-state index in [1.807, 2.05) is 23.7 Å². The second kappa shape index (κ2) is 5.46. The number of rotatable bonds is 4. The lowest BCUT2D eigenvalue weighted by Crippen LogP contribution is -2.04. The van der Waals surface area contributed by atoms with Crippen molar-refractivity contribution in [3.05, 3.63) is 53.0 Å². The number of thiophene rings is 1. The first kappa shape index (κ1) is 12.9. The van der Waals surface area contributed by atoms with E-state index in [1.165, 1.54) is 4.88 Å². The highest BCUT2D eigenvalue weighted by Crippen LogP contribution is 2.25. The van der Waals surface area contributed by atoms with Crippen molar-refractivity contribution < 1.29 is 0 Å². The van der Waals surface area contributed by atoms with Gasteiger partial charge in [-0.1, -0.05) is 18.2 Å². The van der Waals surface area contributed by atoms with E-state index in [0.717, 1.165) is 17.1 Å². The molecular weight excluding hydrogens is 268 g/mol. The number of benzene rings is 1. The summed E-state index contributed by atoms with van der Waals surface area (Å²) < 4.78 is 1.92. The molecule has 2 aromatic heterocycles. The largest absolute Gasteiger partial charge is 0.378 e. The lowest BCUT2D eigenvalue weighted by molar-refractivity contribution is 0.906. The van der Waals surface area contributed by atoms with Gasteiger partial charge in [0.1, 0.15) is 6.33 Å². The number of anilines is 1. The molecule has 3 aromatic rings. The molecule has 20 heavy (non-hydrogen) atoms. The Morgan fingerprint density at radius 3 is 2.85 bits per heavy atom. The molecule has 0 aliphatic rings. The Labute approximate surface area is 122 Å². The van der Waals surface area contributed by atoms with Gasteiger partial charge in [-0.25, -0.2) is 0 Å². The predicted molar refractivity (Wildman–Crippen MR) is 82.8 cm³/mol. The van der Waals surface area contributed by atoms with E-state index in [4.69, 9.17) is 0 Å². The molecule has 1 aromatic carbocycles. The fraction of sp³-hybridized carbons (Fsp3) is 0.200. The Hall–Kier alpha value is -2.14. The third-order valence-electron chi connectivity index (χ3n) is 3.19. The summed E-state index contributed by atoms with van der Waals surface area (Å²) in [7, 11) is 1.95. The zero-order chi connectivity index (χ0) is 13.9. The summed E-state index contributed by atoms with van der Waals surface area (Å²) in [5.41, 5.74) is 2.15. The van der Waals surface area contributed by atoms with Crippen molar-refractivity contribution in [1.29, 1.82) is 0 Å². The summed E-state index contributed by atoms with van der Waals surface area (Å²) in [4.78, 5) is 1.33. The summed E-state index contributed by atoms with van der Waals surface area (Å²) in [6.45, 7) is 2.17. The highest BCUT2D eigenvalue weighted by atomic mass is 32.1. The van der Waals surface area contributed by atoms with Crippen molar-refractivity contribution in [2.75, 3.05) is 5.32 Å². The monoisotopic (exact) mass is 284 g/mol. The van der Waals surface area contributed by atoms with Gasteiger partial charge in [0.2, 0.25) is 0 Å². The van der Waals surface area contributed by atoms with E-state index < -0.39 is 0 Å². The molecule has 0 aliphatic carbocycles. The van der Waals surface area contributed by atoms with Crippen LogP contribution in [0.4, 0.5) is 5.69 Å². The summed E-state index contributed by atoms with van der Waals surface area (Å²) in [6.07, 6.45) is 1.71. The van der Waals surface area contributed by atoms with E-state index in [2.05, 4.69) is 52.1 Å².